The van der Waals surface area contributed by atoms with Crippen LogP contribution in [0, 0.1) is 0 Å². The molecule has 4 heteroatoms. The van der Waals surface area contributed by atoms with Crippen LogP contribution in [0.3, 0.4) is 0 Å². The Kier molecular flexibility index (Phi) is 2.61. The van der Waals surface area contributed by atoms with Gasteiger partial charge in [0.15, 0.2) is 0 Å². The maximum absolute atomic E-state index is 11.1. The molecule has 0 N–H and O–H groups in total. The SMILES string of the molecule is O=C(Cl)c1ccccc1-c1nccs1. The first-order chi connectivity index (χ1) is 6.79. The second-order valence-corrected chi connectivity index (χ2v) is 3.89. The number of rotatable bonds is 2. The van der Waals surface area contributed by atoms with E-state index in [0.29, 0.717) is 5.56 Å². The maximum atomic E-state index is 11.1. The number of aromatic nitrogens is 1. The highest BCUT2D eigenvalue weighted by molar-refractivity contribution is 7.13. The first kappa shape index (κ1) is 9.37. The Morgan fingerprint density at radius 1 is 1.36 bits per heavy atom. The topological polar surface area (TPSA) is 30.0 Å². The summed E-state index contributed by atoms with van der Waals surface area (Å²) in [5.41, 5.74) is 1.30. The highest BCUT2D eigenvalue weighted by Crippen LogP contribution is 2.26. The Labute approximate surface area is 90.2 Å². The minimum atomic E-state index is -0.448. The van der Waals surface area contributed by atoms with Gasteiger partial charge >= 0.3 is 0 Å². The van der Waals surface area contributed by atoms with Gasteiger partial charge in [-0.1, -0.05) is 18.2 Å². The molecular formula is C10H6ClNOS. The zero-order chi connectivity index (χ0) is 9.97. The molecule has 0 atom stereocenters. The van der Waals surface area contributed by atoms with Crippen molar-refractivity contribution in [1.29, 1.82) is 0 Å². The van der Waals surface area contributed by atoms with Crippen molar-refractivity contribution in [3.05, 3.63) is 41.4 Å². The number of thiazole rings is 1. The van der Waals surface area contributed by atoms with Crippen molar-refractivity contribution in [2.75, 3.05) is 0 Å². The van der Waals surface area contributed by atoms with E-state index in [1.54, 1.807) is 18.3 Å². The minimum Gasteiger partial charge on any atom is -0.276 e. The molecule has 1 heterocycles. The molecule has 0 aliphatic heterocycles. The van der Waals surface area contributed by atoms with E-state index in [4.69, 9.17) is 11.6 Å². The van der Waals surface area contributed by atoms with Gasteiger partial charge < -0.3 is 0 Å². The third-order valence-electron chi connectivity index (χ3n) is 1.80. The zero-order valence-electron chi connectivity index (χ0n) is 7.11. The minimum absolute atomic E-state index is 0.448. The fourth-order valence-corrected chi connectivity index (χ4v) is 2.04. The third kappa shape index (κ3) is 1.69. The smallest absolute Gasteiger partial charge is 0.253 e. The van der Waals surface area contributed by atoms with E-state index < -0.39 is 5.24 Å². The molecule has 0 spiro atoms. The van der Waals surface area contributed by atoms with Crippen molar-refractivity contribution in [2.24, 2.45) is 0 Å². The molecule has 14 heavy (non-hydrogen) atoms. The van der Waals surface area contributed by atoms with E-state index >= 15 is 0 Å². The van der Waals surface area contributed by atoms with Gasteiger partial charge in [0.05, 0.1) is 0 Å². The van der Waals surface area contributed by atoms with Crippen LogP contribution in [0.2, 0.25) is 0 Å². The van der Waals surface area contributed by atoms with Gasteiger partial charge in [0.25, 0.3) is 5.24 Å². The van der Waals surface area contributed by atoms with Crippen molar-refractivity contribution in [2.45, 2.75) is 0 Å². The quantitative estimate of drug-likeness (QED) is 0.732. The van der Waals surface area contributed by atoms with Crippen LogP contribution in [0.25, 0.3) is 10.6 Å². The second-order valence-electron chi connectivity index (χ2n) is 2.66. The zero-order valence-corrected chi connectivity index (χ0v) is 8.68. The fourth-order valence-electron chi connectivity index (χ4n) is 1.20. The summed E-state index contributed by atoms with van der Waals surface area (Å²) in [7, 11) is 0. The maximum Gasteiger partial charge on any atom is 0.253 e. The molecule has 0 aliphatic rings. The van der Waals surface area contributed by atoms with Gasteiger partial charge in [-0.2, -0.15) is 0 Å². The van der Waals surface area contributed by atoms with Crippen LogP contribution in [0.1, 0.15) is 10.4 Å². The molecular weight excluding hydrogens is 218 g/mol. The van der Waals surface area contributed by atoms with Crippen molar-refractivity contribution >= 4 is 28.2 Å². The van der Waals surface area contributed by atoms with E-state index in [1.165, 1.54) is 11.3 Å². The summed E-state index contributed by atoms with van der Waals surface area (Å²) in [6, 6.07) is 7.19. The lowest BCUT2D eigenvalue weighted by molar-refractivity contribution is 0.108. The van der Waals surface area contributed by atoms with Crippen molar-refractivity contribution in [3.8, 4) is 10.6 Å². The Hall–Kier alpha value is -1.19. The summed E-state index contributed by atoms with van der Waals surface area (Å²) in [6.45, 7) is 0. The number of hydrogen-bond donors (Lipinski definition) is 0. The van der Waals surface area contributed by atoms with E-state index in [1.807, 2.05) is 17.5 Å². The molecule has 0 fully saturated rings. The lowest BCUT2D eigenvalue weighted by atomic mass is 10.1. The van der Waals surface area contributed by atoms with Gasteiger partial charge in [0.2, 0.25) is 0 Å². The van der Waals surface area contributed by atoms with Gasteiger partial charge in [-0.15, -0.1) is 11.3 Å². The summed E-state index contributed by atoms with van der Waals surface area (Å²) >= 11 is 6.95. The molecule has 0 amide bonds. The lowest BCUT2D eigenvalue weighted by Crippen LogP contribution is -1.92. The number of carbonyl (C=O) groups excluding carboxylic acids is 1. The number of carbonyl (C=O) groups is 1. The highest BCUT2D eigenvalue weighted by Gasteiger charge is 2.10. The van der Waals surface area contributed by atoms with Crippen LogP contribution >= 0.6 is 22.9 Å². The summed E-state index contributed by atoms with van der Waals surface area (Å²) in [4.78, 5) is 15.2. The van der Waals surface area contributed by atoms with E-state index in [0.717, 1.165) is 10.6 Å². The Bertz CT molecular complexity index is 453. The monoisotopic (exact) mass is 223 g/mol. The van der Waals surface area contributed by atoms with Crippen molar-refractivity contribution in [1.82, 2.24) is 4.98 Å². The van der Waals surface area contributed by atoms with E-state index in [-0.39, 0.29) is 0 Å². The van der Waals surface area contributed by atoms with Crippen LogP contribution in [0.4, 0.5) is 0 Å². The molecule has 0 saturated heterocycles. The molecule has 2 nitrogen and oxygen atoms in total. The average Bonchev–Trinajstić information content (AvgIpc) is 2.70. The molecule has 1 aromatic carbocycles. The largest absolute Gasteiger partial charge is 0.276 e. The summed E-state index contributed by atoms with van der Waals surface area (Å²) in [5, 5.41) is 2.23. The molecule has 1 aromatic heterocycles. The first-order valence-electron chi connectivity index (χ1n) is 3.98. The number of halogens is 1. The van der Waals surface area contributed by atoms with Gasteiger partial charge in [-0.3, -0.25) is 4.79 Å². The van der Waals surface area contributed by atoms with Gasteiger partial charge in [0.1, 0.15) is 5.01 Å². The van der Waals surface area contributed by atoms with E-state index in [9.17, 15) is 4.79 Å². The molecule has 2 rings (SSSR count). The predicted octanol–water partition coefficient (Wildman–Crippen LogP) is 3.19. The molecule has 0 bridgehead atoms. The third-order valence-corrected chi connectivity index (χ3v) is 2.81. The summed E-state index contributed by atoms with van der Waals surface area (Å²) < 4.78 is 0. The van der Waals surface area contributed by atoms with Crippen LogP contribution in [-0.4, -0.2) is 10.2 Å². The Balaban J connectivity index is 2.58. The number of nitrogens with zero attached hydrogens (tertiary/aromatic N) is 1. The van der Waals surface area contributed by atoms with Gasteiger partial charge in [-0.05, 0) is 17.7 Å². The molecule has 0 aliphatic carbocycles. The van der Waals surface area contributed by atoms with Crippen LogP contribution in [-0.2, 0) is 0 Å². The Morgan fingerprint density at radius 3 is 2.79 bits per heavy atom. The van der Waals surface area contributed by atoms with Crippen molar-refractivity contribution in [3.63, 3.8) is 0 Å². The van der Waals surface area contributed by atoms with Crippen LogP contribution < -0.4 is 0 Å². The lowest BCUT2D eigenvalue weighted by Gasteiger charge is -2.00. The normalized spacial score (nSPS) is 10.1. The van der Waals surface area contributed by atoms with Gasteiger partial charge in [0, 0.05) is 22.7 Å². The first-order valence-corrected chi connectivity index (χ1v) is 5.23. The molecule has 70 valence electrons. The number of hydrogen-bond acceptors (Lipinski definition) is 3. The average molecular weight is 224 g/mol. The molecule has 0 radical (unpaired) electrons. The second kappa shape index (κ2) is 3.90. The van der Waals surface area contributed by atoms with Gasteiger partial charge in [-0.25, -0.2) is 4.98 Å². The fraction of sp³-hybridized carbons (Fsp3) is 0. The molecule has 0 unspecified atom stereocenters. The van der Waals surface area contributed by atoms with Crippen LogP contribution in [0.5, 0.6) is 0 Å². The predicted molar refractivity (Wildman–Crippen MR) is 57.7 cm³/mol. The Morgan fingerprint density at radius 2 is 2.14 bits per heavy atom. The summed E-state index contributed by atoms with van der Waals surface area (Å²) in [6.07, 6.45) is 1.70. The van der Waals surface area contributed by atoms with Crippen molar-refractivity contribution < 1.29 is 4.79 Å². The standard InChI is InChI=1S/C10H6ClNOS/c11-9(13)7-3-1-2-4-8(7)10-12-5-6-14-10/h1-6H. The molecule has 0 saturated carbocycles. The van der Waals surface area contributed by atoms with E-state index in [2.05, 4.69) is 4.98 Å². The van der Waals surface area contributed by atoms with Crippen LogP contribution in [0.15, 0.2) is 35.8 Å². The summed E-state index contributed by atoms with van der Waals surface area (Å²) in [5.74, 6) is 0. The highest BCUT2D eigenvalue weighted by atomic mass is 35.5. The molecule has 2 aromatic rings. The number of benzene rings is 1.